The number of hydrogen-bond acceptors (Lipinski definition) is 2. The lowest BCUT2D eigenvalue weighted by molar-refractivity contribution is -0.173. The van der Waals surface area contributed by atoms with Crippen molar-refractivity contribution < 1.29 is 22.7 Å². The first-order valence-corrected chi connectivity index (χ1v) is 4.94. The van der Waals surface area contributed by atoms with Crippen LogP contribution >= 0.6 is 0 Å². The molecule has 1 amide bonds. The normalized spacial score (nSPS) is 11.1. The molecule has 94 valence electrons. The maximum atomic E-state index is 11.8. The standard InChI is InChI=1S/C11H12F3NO2/c1-8-2-4-9(5-3-8)17-7-6-15-10(16)11(12,13)14/h2-5H,6-7H2,1H3,(H,15,16). The molecule has 1 aromatic carbocycles. The van der Waals surface area contributed by atoms with E-state index in [0.717, 1.165) is 5.56 Å². The van der Waals surface area contributed by atoms with Gasteiger partial charge in [0.1, 0.15) is 12.4 Å². The van der Waals surface area contributed by atoms with Crippen LogP contribution in [0, 0.1) is 6.92 Å². The van der Waals surface area contributed by atoms with Crippen LogP contribution in [0.3, 0.4) is 0 Å². The van der Waals surface area contributed by atoms with Crippen molar-refractivity contribution in [3.8, 4) is 5.75 Å². The van der Waals surface area contributed by atoms with Crippen LogP contribution in [-0.2, 0) is 4.79 Å². The van der Waals surface area contributed by atoms with Crippen molar-refractivity contribution in [3.05, 3.63) is 29.8 Å². The van der Waals surface area contributed by atoms with Crippen LogP contribution in [0.1, 0.15) is 5.56 Å². The molecule has 0 aliphatic rings. The molecule has 0 unspecified atom stereocenters. The van der Waals surface area contributed by atoms with Crippen molar-refractivity contribution in [2.24, 2.45) is 0 Å². The quantitative estimate of drug-likeness (QED) is 0.827. The molecule has 0 saturated heterocycles. The highest BCUT2D eigenvalue weighted by Crippen LogP contribution is 2.14. The summed E-state index contributed by atoms with van der Waals surface area (Å²) in [6.45, 7) is 1.71. The van der Waals surface area contributed by atoms with E-state index in [1.807, 2.05) is 19.1 Å². The van der Waals surface area contributed by atoms with Gasteiger partial charge in [-0.3, -0.25) is 4.79 Å². The largest absolute Gasteiger partial charge is 0.492 e. The second-order valence-corrected chi connectivity index (χ2v) is 3.42. The Balaban J connectivity index is 2.25. The number of nitrogens with one attached hydrogen (secondary N) is 1. The monoisotopic (exact) mass is 247 g/mol. The average Bonchev–Trinajstić information content (AvgIpc) is 2.25. The summed E-state index contributed by atoms with van der Waals surface area (Å²) < 4.78 is 40.5. The summed E-state index contributed by atoms with van der Waals surface area (Å²) in [6, 6.07) is 7.06. The molecule has 0 heterocycles. The van der Waals surface area contributed by atoms with Crippen molar-refractivity contribution in [2.45, 2.75) is 13.1 Å². The molecule has 0 bridgehead atoms. The molecule has 0 aromatic heterocycles. The number of amides is 1. The number of benzene rings is 1. The van der Waals surface area contributed by atoms with E-state index in [-0.39, 0.29) is 13.2 Å². The van der Waals surface area contributed by atoms with Crippen LogP contribution in [0.2, 0.25) is 0 Å². The van der Waals surface area contributed by atoms with Gasteiger partial charge in [0.25, 0.3) is 0 Å². The number of carbonyl (C=O) groups excluding carboxylic acids is 1. The zero-order valence-electron chi connectivity index (χ0n) is 9.17. The first-order valence-electron chi connectivity index (χ1n) is 4.94. The molecule has 6 heteroatoms. The van der Waals surface area contributed by atoms with Crippen molar-refractivity contribution in [2.75, 3.05) is 13.2 Å². The van der Waals surface area contributed by atoms with E-state index in [4.69, 9.17) is 4.74 Å². The predicted octanol–water partition coefficient (Wildman–Crippen LogP) is 2.05. The number of ether oxygens (including phenoxy) is 1. The molecular weight excluding hydrogens is 235 g/mol. The maximum Gasteiger partial charge on any atom is 0.471 e. The molecule has 0 aliphatic carbocycles. The van der Waals surface area contributed by atoms with Gasteiger partial charge in [-0.15, -0.1) is 0 Å². The van der Waals surface area contributed by atoms with Crippen LogP contribution in [0.4, 0.5) is 13.2 Å². The first kappa shape index (κ1) is 13.3. The summed E-state index contributed by atoms with van der Waals surface area (Å²) >= 11 is 0. The third-order valence-electron chi connectivity index (χ3n) is 1.93. The van der Waals surface area contributed by atoms with Gasteiger partial charge in [0.05, 0.1) is 6.54 Å². The Morgan fingerprint density at radius 2 is 1.88 bits per heavy atom. The summed E-state index contributed by atoms with van der Waals surface area (Å²) in [7, 11) is 0. The van der Waals surface area contributed by atoms with Gasteiger partial charge in [-0.1, -0.05) is 17.7 Å². The minimum Gasteiger partial charge on any atom is -0.492 e. The lowest BCUT2D eigenvalue weighted by Crippen LogP contribution is -2.38. The second-order valence-electron chi connectivity index (χ2n) is 3.42. The molecule has 1 aromatic rings. The zero-order valence-corrected chi connectivity index (χ0v) is 9.17. The van der Waals surface area contributed by atoms with Crippen LogP contribution in [0.25, 0.3) is 0 Å². The number of halogens is 3. The van der Waals surface area contributed by atoms with Gasteiger partial charge in [0.15, 0.2) is 0 Å². The highest BCUT2D eigenvalue weighted by molar-refractivity contribution is 5.81. The summed E-state index contributed by atoms with van der Waals surface area (Å²) in [5.74, 6) is -1.40. The van der Waals surface area contributed by atoms with E-state index in [2.05, 4.69) is 0 Å². The van der Waals surface area contributed by atoms with Crippen molar-refractivity contribution >= 4 is 5.91 Å². The SMILES string of the molecule is Cc1ccc(OCCNC(=O)C(F)(F)F)cc1. The van der Waals surface area contributed by atoms with Gasteiger partial charge in [-0.2, -0.15) is 13.2 Å². The van der Waals surface area contributed by atoms with Gasteiger partial charge in [-0.25, -0.2) is 0 Å². The fourth-order valence-corrected chi connectivity index (χ4v) is 1.07. The lowest BCUT2D eigenvalue weighted by Gasteiger charge is -2.09. The van der Waals surface area contributed by atoms with E-state index in [1.54, 1.807) is 17.4 Å². The Kier molecular flexibility index (Phi) is 4.37. The van der Waals surface area contributed by atoms with Gasteiger partial charge in [0, 0.05) is 0 Å². The summed E-state index contributed by atoms with van der Waals surface area (Å²) in [6.07, 6.45) is -4.84. The highest BCUT2D eigenvalue weighted by Gasteiger charge is 2.38. The molecule has 1 N–H and O–H groups in total. The number of aryl methyl sites for hydroxylation is 1. The fourth-order valence-electron chi connectivity index (χ4n) is 1.07. The number of hydrogen-bond donors (Lipinski definition) is 1. The number of alkyl halides is 3. The van der Waals surface area contributed by atoms with Crippen LogP contribution in [0.15, 0.2) is 24.3 Å². The van der Waals surface area contributed by atoms with Gasteiger partial charge in [0.2, 0.25) is 0 Å². The summed E-state index contributed by atoms with van der Waals surface area (Å²) in [4.78, 5) is 10.4. The molecule has 0 spiro atoms. The second kappa shape index (κ2) is 5.56. The minimum absolute atomic E-state index is 0.00905. The van der Waals surface area contributed by atoms with Crippen LogP contribution in [-0.4, -0.2) is 25.2 Å². The van der Waals surface area contributed by atoms with Gasteiger partial charge >= 0.3 is 12.1 Å². The molecule has 17 heavy (non-hydrogen) atoms. The van der Waals surface area contributed by atoms with E-state index in [1.165, 1.54) is 0 Å². The van der Waals surface area contributed by atoms with Crippen molar-refractivity contribution in [3.63, 3.8) is 0 Å². The molecule has 0 radical (unpaired) electrons. The Labute approximate surface area is 96.6 Å². The van der Waals surface area contributed by atoms with E-state index in [0.29, 0.717) is 5.75 Å². The van der Waals surface area contributed by atoms with Crippen LogP contribution in [0.5, 0.6) is 5.75 Å². The fraction of sp³-hybridized carbons (Fsp3) is 0.364. The lowest BCUT2D eigenvalue weighted by atomic mass is 10.2. The Morgan fingerprint density at radius 3 is 2.41 bits per heavy atom. The molecule has 1 rings (SSSR count). The first-order chi connectivity index (χ1) is 7.89. The molecule has 3 nitrogen and oxygen atoms in total. The molecule has 0 fully saturated rings. The predicted molar refractivity (Wildman–Crippen MR) is 55.7 cm³/mol. The van der Waals surface area contributed by atoms with Gasteiger partial charge < -0.3 is 10.1 Å². The maximum absolute atomic E-state index is 11.8. The Bertz CT molecular complexity index is 373. The topological polar surface area (TPSA) is 38.3 Å². The number of rotatable bonds is 4. The third kappa shape index (κ3) is 4.76. The highest BCUT2D eigenvalue weighted by atomic mass is 19.4. The van der Waals surface area contributed by atoms with E-state index in [9.17, 15) is 18.0 Å². The minimum atomic E-state index is -4.84. The van der Waals surface area contributed by atoms with Crippen molar-refractivity contribution in [1.82, 2.24) is 5.32 Å². The third-order valence-corrected chi connectivity index (χ3v) is 1.93. The molecule has 0 aliphatic heterocycles. The van der Waals surface area contributed by atoms with E-state index < -0.39 is 12.1 Å². The molecule has 0 saturated carbocycles. The average molecular weight is 247 g/mol. The smallest absolute Gasteiger partial charge is 0.471 e. The van der Waals surface area contributed by atoms with Crippen LogP contribution < -0.4 is 10.1 Å². The Morgan fingerprint density at radius 1 is 1.29 bits per heavy atom. The summed E-state index contributed by atoms with van der Waals surface area (Å²) in [5, 5.41) is 1.72. The Hall–Kier alpha value is -1.72. The van der Waals surface area contributed by atoms with E-state index >= 15 is 0 Å². The molecular formula is C11H12F3NO2. The zero-order chi connectivity index (χ0) is 12.9. The molecule has 0 atom stereocenters. The van der Waals surface area contributed by atoms with Gasteiger partial charge in [-0.05, 0) is 19.1 Å². The summed E-state index contributed by atoms with van der Waals surface area (Å²) in [5.41, 5.74) is 1.06. The van der Waals surface area contributed by atoms with Crippen molar-refractivity contribution in [1.29, 1.82) is 0 Å². The number of carbonyl (C=O) groups is 1.